The summed E-state index contributed by atoms with van der Waals surface area (Å²) in [7, 11) is -1.28. The topological polar surface area (TPSA) is 0 Å². The summed E-state index contributed by atoms with van der Waals surface area (Å²) in [6.07, 6.45) is 0. The fourth-order valence-electron chi connectivity index (χ4n) is 2.67. The predicted molar refractivity (Wildman–Crippen MR) is 75.2 cm³/mol. The van der Waals surface area contributed by atoms with Gasteiger partial charge in [-0.1, -0.05) is 49.9 Å². The van der Waals surface area contributed by atoms with Crippen LogP contribution in [0.4, 0.5) is 0 Å². The summed E-state index contributed by atoms with van der Waals surface area (Å²) >= 11 is 0. The molecule has 0 aliphatic rings. The molecule has 0 heterocycles. The Hall–Kier alpha value is -0.303. The van der Waals surface area contributed by atoms with Crippen molar-refractivity contribution in [1.29, 1.82) is 0 Å². The van der Waals surface area contributed by atoms with Crippen LogP contribution < -0.4 is 0 Å². The van der Waals surface area contributed by atoms with Gasteiger partial charge < -0.3 is 0 Å². The summed E-state index contributed by atoms with van der Waals surface area (Å²) in [5.41, 5.74) is 4.33. The Labute approximate surface area is 97.5 Å². The minimum absolute atomic E-state index is 0.811. The van der Waals surface area contributed by atoms with Crippen molar-refractivity contribution in [2.75, 3.05) is 0 Å². The molecule has 0 N–H and O–H groups in total. The second-order valence-corrected chi connectivity index (χ2v) is 11.3. The Morgan fingerprint density at radius 2 is 1.13 bits per heavy atom. The zero-order chi connectivity index (χ0) is 12.2. The summed E-state index contributed by atoms with van der Waals surface area (Å²) in [4.78, 5) is 0. The zero-order valence-corrected chi connectivity index (χ0v) is 12.5. The third-order valence-corrected chi connectivity index (χ3v) is 10.7. The highest BCUT2D eigenvalue weighted by atomic mass is 28.3. The van der Waals surface area contributed by atoms with Gasteiger partial charge in [-0.3, -0.25) is 0 Å². The van der Waals surface area contributed by atoms with Gasteiger partial charge in [0.25, 0.3) is 0 Å². The Morgan fingerprint density at radius 3 is 1.27 bits per heavy atom. The van der Waals surface area contributed by atoms with Gasteiger partial charge in [0, 0.05) is 0 Å². The first-order valence-corrected chi connectivity index (χ1v) is 8.58. The largest absolute Gasteiger partial charge is 0.100 e. The van der Waals surface area contributed by atoms with Crippen molar-refractivity contribution in [2.45, 2.75) is 64.7 Å². The van der Waals surface area contributed by atoms with E-state index >= 15 is 0 Å². The molecule has 0 rings (SSSR count). The van der Waals surface area contributed by atoms with Crippen LogP contribution in [0.5, 0.6) is 0 Å². The van der Waals surface area contributed by atoms with Gasteiger partial charge >= 0.3 is 0 Å². The molecular formula is C14H28Si. The minimum Gasteiger partial charge on any atom is -0.100 e. The lowest BCUT2D eigenvalue weighted by molar-refractivity contribution is 0.869. The molecule has 0 nitrogen and oxygen atoms in total. The van der Waals surface area contributed by atoms with E-state index in [9.17, 15) is 0 Å². The highest BCUT2D eigenvalue weighted by Gasteiger charge is 2.38. The molecule has 0 amide bonds. The molecule has 0 saturated carbocycles. The van der Waals surface area contributed by atoms with Crippen molar-refractivity contribution in [2.24, 2.45) is 0 Å². The van der Waals surface area contributed by atoms with Gasteiger partial charge in [0.05, 0.1) is 8.07 Å². The standard InChI is InChI=1S/C14H28Si/c1-11(2)9-15(13(5)6,14(7)8)10-12(3)4/h13-14H,1,3,9-10H2,2,4-8H3. The van der Waals surface area contributed by atoms with Crippen LogP contribution in [0.15, 0.2) is 24.3 Å². The maximum Gasteiger partial charge on any atom is 0.0667 e. The lowest BCUT2D eigenvalue weighted by atomic mass is 10.4. The molecule has 1 heteroatoms. The molecule has 0 aromatic carbocycles. The molecule has 0 fully saturated rings. The summed E-state index contributed by atoms with van der Waals surface area (Å²) in [5, 5.41) is 0. The van der Waals surface area contributed by atoms with Crippen LogP contribution in [0.25, 0.3) is 0 Å². The number of hydrogen-bond acceptors (Lipinski definition) is 0. The number of allylic oxidation sites excluding steroid dienone is 2. The Kier molecular flexibility index (Phi) is 5.58. The molecule has 0 unspecified atom stereocenters. The molecule has 88 valence electrons. The van der Waals surface area contributed by atoms with Crippen LogP contribution in [0.1, 0.15) is 41.5 Å². The Balaban J connectivity index is 5.07. The van der Waals surface area contributed by atoms with E-state index in [0.717, 1.165) is 11.1 Å². The highest BCUT2D eigenvalue weighted by Crippen LogP contribution is 2.42. The van der Waals surface area contributed by atoms with Crippen molar-refractivity contribution < 1.29 is 0 Å². The van der Waals surface area contributed by atoms with E-state index in [-0.39, 0.29) is 0 Å². The van der Waals surface area contributed by atoms with E-state index in [0.29, 0.717) is 0 Å². The van der Waals surface area contributed by atoms with Gasteiger partial charge in [-0.2, -0.15) is 0 Å². The van der Waals surface area contributed by atoms with Crippen LogP contribution >= 0.6 is 0 Å². The van der Waals surface area contributed by atoms with Crippen LogP contribution in [0.3, 0.4) is 0 Å². The average molecular weight is 224 g/mol. The van der Waals surface area contributed by atoms with Crippen molar-refractivity contribution >= 4 is 8.07 Å². The third kappa shape index (κ3) is 3.98. The summed E-state index contributed by atoms with van der Waals surface area (Å²) in [6, 6.07) is 2.52. The van der Waals surface area contributed by atoms with Crippen molar-refractivity contribution in [3.63, 3.8) is 0 Å². The van der Waals surface area contributed by atoms with Crippen molar-refractivity contribution in [1.82, 2.24) is 0 Å². The van der Waals surface area contributed by atoms with E-state index in [1.54, 1.807) is 0 Å². The van der Waals surface area contributed by atoms with E-state index in [1.807, 2.05) is 0 Å². The molecule has 15 heavy (non-hydrogen) atoms. The van der Waals surface area contributed by atoms with Crippen LogP contribution in [-0.2, 0) is 0 Å². The van der Waals surface area contributed by atoms with Gasteiger partial charge in [-0.15, -0.1) is 13.2 Å². The van der Waals surface area contributed by atoms with E-state index in [4.69, 9.17) is 0 Å². The lowest BCUT2D eigenvalue weighted by Gasteiger charge is -2.40. The first-order chi connectivity index (χ1) is 6.72. The second kappa shape index (κ2) is 5.69. The normalized spacial score (nSPS) is 12.3. The van der Waals surface area contributed by atoms with Crippen molar-refractivity contribution in [3.05, 3.63) is 24.3 Å². The third-order valence-electron chi connectivity index (χ3n) is 3.56. The average Bonchev–Trinajstić information content (AvgIpc) is 1.99. The molecule has 0 atom stereocenters. The fourth-order valence-corrected chi connectivity index (χ4v) is 8.01. The first kappa shape index (κ1) is 14.7. The maximum atomic E-state index is 4.12. The lowest BCUT2D eigenvalue weighted by Crippen LogP contribution is -2.41. The molecule has 0 spiro atoms. The molecule has 0 aromatic heterocycles. The zero-order valence-electron chi connectivity index (χ0n) is 11.5. The summed E-state index contributed by atoms with van der Waals surface area (Å²) < 4.78 is 0. The summed E-state index contributed by atoms with van der Waals surface area (Å²) in [6.45, 7) is 22.1. The van der Waals surface area contributed by atoms with Crippen LogP contribution in [0, 0.1) is 0 Å². The molecule has 0 aliphatic heterocycles. The number of hydrogen-bond donors (Lipinski definition) is 0. The second-order valence-electron chi connectivity index (χ2n) is 5.81. The molecule has 0 aliphatic carbocycles. The first-order valence-electron chi connectivity index (χ1n) is 6.01. The summed E-state index contributed by atoms with van der Waals surface area (Å²) in [5.74, 6) is 0. The van der Waals surface area contributed by atoms with Gasteiger partial charge in [0.2, 0.25) is 0 Å². The van der Waals surface area contributed by atoms with E-state index in [1.165, 1.54) is 23.2 Å². The molecular weight excluding hydrogens is 196 g/mol. The monoisotopic (exact) mass is 224 g/mol. The van der Waals surface area contributed by atoms with Crippen molar-refractivity contribution in [3.8, 4) is 0 Å². The molecule has 0 radical (unpaired) electrons. The molecule has 0 aromatic rings. The van der Waals surface area contributed by atoms with E-state index < -0.39 is 8.07 Å². The van der Waals surface area contributed by atoms with Crippen LogP contribution in [0.2, 0.25) is 23.2 Å². The quantitative estimate of drug-likeness (QED) is 0.418. The fraction of sp³-hybridized carbons (Fsp3) is 0.714. The smallest absolute Gasteiger partial charge is 0.0667 e. The number of rotatable bonds is 6. The maximum absolute atomic E-state index is 4.12. The van der Waals surface area contributed by atoms with Gasteiger partial charge in [-0.25, -0.2) is 0 Å². The van der Waals surface area contributed by atoms with E-state index in [2.05, 4.69) is 54.7 Å². The minimum atomic E-state index is -1.28. The predicted octanol–water partition coefficient (Wildman–Crippen LogP) is 5.41. The molecule has 0 saturated heterocycles. The Morgan fingerprint density at radius 1 is 0.867 bits per heavy atom. The molecule has 0 bridgehead atoms. The SMILES string of the molecule is C=C(C)C[Si](CC(=C)C)(C(C)C)C(C)C. The van der Waals surface area contributed by atoms with Crippen LogP contribution in [-0.4, -0.2) is 8.07 Å². The van der Waals surface area contributed by atoms with Gasteiger partial charge in [-0.05, 0) is 25.9 Å². The Bertz CT molecular complexity index is 210. The highest BCUT2D eigenvalue weighted by molar-refractivity contribution is 6.83. The van der Waals surface area contributed by atoms with Gasteiger partial charge in [0.15, 0.2) is 0 Å². The van der Waals surface area contributed by atoms with Gasteiger partial charge in [0.1, 0.15) is 0 Å².